The number of carboxylic acid groups (broad SMARTS) is 1. The number of benzene rings is 2. The Balaban J connectivity index is 2.24. The molecule has 4 atom stereocenters. The lowest BCUT2D eigenvalue weighted by Crippen LogP contribution is -2.71. The van der Waals surface area contributed by atoms with E-state index in [0.717, 1.165) is 7.05 Å². The molecule has 5 amide bonds. The smallest absolute Gasteiger partial charge is 0.421 e. The van der Waals surface area contributed by atoms with Crippen LogP contribution in [0.2, 0.25) is 0 Å². The van der Waals surface area contributed by atoms with Crippen LogP contribution < -0.4 is 27.0 Å². The maximum Gasteiger partial charge on any atom is 0.421 e. The van der Waals surface area contributed by atoms with Gasteiger partial charge in [-0.25, -0.2) is 0 Å². The molecule has 47 heavy (non-hydrogen) atoms. The van der Waals surface area contributed by atoms with Gasteiger partial charge in [-0.05, 0) is 30.5 Å². The molecule has 1 aliphatic heterocycles. The van der Waals surface area contributed by atoms with Crippen molar-refractivity contribution in [3.8, 4) is 0 Å². The summed E-state index contributed by atoms with van der Waals surface area (Å²) in [6, 6.07) is 9.94. The van der Waals surface area contributed by atoms with Gasteiger partial charge in [0, 0.05) is 19.9 Å². The zero-order valence-electron chi connectivity index (χ0n) is 25.5. The number of carboxylic acids is 1. The second kappa shape index (κ2) is 16.0. The van der Waals surface area contributed by atoms with Gasteiger partial charge in [-0.2, -0.15) is 13.2 Å². The summed E-state index contributed by atoms with van der Waals surface area (Å²) in [5.74, 6) is -7.81. The fourth-order valence-corrected chi connectivity index (χ4v) is 5.19. The normalized spacial score (nSPS) is 23.5. The van der Waals surface area contributed by atoms with E-state index in [9.17, 15) is 33.9 Å². The molecule has 1 heterocycles. The standard InChI is InChI=1S/C31H37F3N6O7/c1-40-28(46)23(15-19-9-4-2-5-10-19)38-27(45)22(16-25(42)43)37-24(41)18-36-26(44)21(13-8-14-35)39-29(47)30(40,31(32,33)34)17-20-11-6-3-7-12-20/h2-7,9-12,21-23H,8,13-18,35H2,1H3,(H,36,44)(H,37,41)(H,38,45)(H,39,47)(H,42,43)/t21-,22-,23+,30?/m0/s1. The minimum absolute atomic E-state index is 0.0127. The quantitative estimate of drug-likeness (QED) is 0.216. The highest BCUT2D eigenvalue weighted by molar-refractivity contribution is 6.00. The molecule has 7 N–H and O–H groups in total. The number of halogens is 3. The molecule has 3 rings (SSSR count). The summed E-state index contributed by atoms with van der Waals surface area (Å²) in [4.78, 5) is 79.1. The Morgan fingerprint density at radius 1 is 0.894 bits per heavy atom. The van der Waals surface area contributed by atoms with Gasteiger partial charge in [0.05, 0.1) is 13.0 Å². The average molecular weight is 663 g/mol. The van der Waals surface area contributed by atoms with Gasteiger partial charge in [-0.1, -0.05) is 60.7 Å². The molecule has 0 aliphatic carbocycles. The number of hydrogen-bond acceptors (Lipinski definition) is 7. The third-order valence-electron chi connectivity index (χ3n) is 7.72. The van der Waals surface area contributed by atoms with Crippen LogP contribution in [-0.4, -0.2) is 95.5 Å². The Labute approximate surface area is 268 Å². The first-order valence-electron chi connectivity index (χ1n) is 14.7. The van der Waals surface area contributed by atoms with Gasteiger partial charge in [0.15, 0.2) is 0 Å². The number of likely N-dealkylation sites (N-methyl/N-ethyl adjacent to an activating group) is 1. The highest BCUT2D eigenvalue weighted by Gasteiger charge is 2.65. The molecule has 13 nitrogen and oxygen atoms in total. The van der Waals surface area contributed by atoms with Gasteiger partial charge in [0.1, 0.15) is 18.1 Å². The summed E-state index contributed by atoms with van der Waals surface area (Å²) >= 11 is 0. The van der Waals surface area contributed by atoms with E-state index in [2.05, 4.69) is 21.3 Å². The van der Waals surface area contributed by atoms with Crippen molar-refractivity contribution in [1.29, 1.82) is 0 Å². The Morgan fingerprint density at radius 2 is 1.49 bits per heavy atom. The van der Waals surface area contributed by atoms with Crippen molar-refractivity contribution < 1.29 is 47.0 Å². The molecule has 2 aromatic carbocycles. The monoisotopic (exact) mass is 662 g/mol. The lowest BCUT2D eigenvalue weighted by molar-refractivity contribution is -0.227. The zero-order chi connectivity index (χ0) is 34.8. The molecule has 1 unspecified atom stereocenters. The lowest BCUT2D eigenvalue weighted by Gasteiger charge is -2.43. The largest absolute Gasteiger partial charge is 0.481 e. The number of amides is 5. The Bertz CT molecular complexity index is 1440. The number of aliphatic carboxylic acids is 1. The van der Waals surface area contributed by atoms with Crippen LogP contribution in [0, 0.1) is 0 Å². The first-order valence-corrected chi connectivity index (χ1v) is 14.7. The van der Waals surface area contributed by atoms with Crippen LogP contribution in [0.3, 0.4) is 0 Å². The molecule has 16 heteroatoms. The Morgan fingerprint density at radius 3 is 2.04 bits per heavy atom. The first-order chi connectivity index (χ1) is 22.2. The van der Waals surface area contributed by atoms with Crippen molar-refractivity contribution in [1.82, 2.24) is 26.2 Å². The molecule has 0 bridgehead atoms. The second-order valence-corrected chi connectivity index (χ2v) is 11.1. The number of carbonyl (C=O) groups excluding carboxylic acids is 5. The van der Waals surface area contributed by atoms with E-state index in [-0.39, 0.29) is 36.3 Å². The van der Waals surface area contributed by atoms with Crippen LogP contribution in [0.5, 0.6) is 0 Å². The molecule has 0 aromatic heterocycles. The Hall–Kier alpha value is -4.99. The number of hydrogen-bond donors (Lipinski definition) is 6. The zero-order valence-corrected chi connectivity index (χ0v) is 25.5. The summed E-state index contributed by atoms with van der Waals surface area (Å²) in [7, 11) is 0.770. The molecular formula is C31H37F3N6O7. The van der Waals surface area contributed by atoms with Crippen LogP contribution in [-0.2, 0) is 41.6 Å². The molecule has 0 saturated carbocycles. The first kappa shape index (κ1) is 36.5. The maximum atomic E-state index is 15.5. The molecule has 1 fully saturated rings. The summed E-state index contributed by atoms with van der Waals surface area (Å²) in [5.41, 5.74) is 2.39. The molecule has 1 aliphatic rings. The highest BCUT2D eigenvalue weighted by Crippen LogP contribution is 2.39. The fourth-order valence-electron chi connectivity index (χ4n) is 5.19. The van der Waals surface area contributed by atoms with E-state index in [1.54, 1.807) is 36.4 Å². The van der Waals surface area contributed by atoms with Gasteiger partial charge >= 0.3 is 12.1 Å². The second-order valence-electron chi connectivity index (χ2n) is 11.1. The van der Waals surface area contributed by atoms with E-state index < -0.39 is 84.7 Å². The van der Waals surface area contributed by atoms with Gasteiger partial charge in [0.2, 0.25) is 29.2 Å². The van der Waals surface area contributed by atoms with Crippen LogP contribution in [0.15, 0.2) is 60.7 Å². The van der Waals surface area contributed by atoms with Crippen LogP contribution >= 0.6 is 0 Å². The molecule has 254 valence electrons. The van der Waals surface area contributed by atoms with Crippen molar-refractivity contribution in [2.45, 2.75) is 61.9 Å². The van der Waals surface area contributed by atoms with Crippen LogP contribution in [0.1, 0.15) is 30.4 Å². The molecule has 0 spiro atoms. The van der Waals surface area contributed by atoms with Crippen LogP contribution in [0.25, 0.3) is 0 Å². The maximum absolute atomic E-state index is 15.5. The topological polar surface area (TPSA) is 200 Å². The summed E-state index contributed by atoms with van der Waals surface area (Å²) in [6.45, 7) is -0.795. The van der Waals surface area contributed by atoms with Crippen molar-refractivity contribution in [3.63, 3.8) is 0 Å². The minimum atomic E-state index is -5.44. The van der Waals surface area contributed by atoms with Gasteiger partial charge in [0.25, 0.3) is 5.91 Å². The average Bonchev–Trinajstić information content (AvgIpc) is 3.02. The summed E-state index contributed by atoms with van der Waals surface area (Å²) in [6.07, 6.45) is -7.94. The van der Waals surface area contributed by atoms with E-state index in [1.807, 2.05) is 0 Å². The van der Waals surface area contributed by atoms with E-state index >= 15 is 13.2 Å². The Kier molecular flexibility index (Phi) is 12.4. The third kappa shape index (κ3) is 9.28. The summed E-state index contributed by atoms with van der Waals surface area (Å²) < 4.78 is 46.4. The van der Waals surface area contributed by atoms with E-state index in [1.165, 1.54) is 24.3 Å². The van der Waals surface area contributed by atoms with Crippen molar-refractivity contribution >= 4 is 35.5 Å². The number of nitrogens with zero attached hydrogens (tertiary/aromatic N) is 1. The van der Waals surface area contributed by atoms with Gasteiger partial charge in [-0.3, -0.25) is 28.8 Å². The number of nitrogens with one attached hydrogen (secondary N) is 4. The highest BCUT2D eigenvalue weighted by atomic mass is 19.4. The van der Waals surface area contributed by atoms with Gasteiger partial charge in [-0.15, -0.1) is 0 Å². The third-order valence-corrected chi connectivity index (χ3v) is 7.72. The number of alkyl halides is 3. The molecule has 2 aromatic rings. The van der Waals surface area contributed by atoms with E-state index in [4.69, 9.17) is 5.73 Å². The fraction of sp³-hybridized carbons (Fsp3) is 0.419. The molecular weight excluding hydrogens is 625 g/mol. The molecule has 0 radical (unpaired) electrons. The molecule has 1 saturated heterocycles. The summed E-state index contributed by atoms with van der Waals surface area (Å²) in [5, 5.41) is 18.2. The SMILES string of the molecule is CN1C(=O)[C@@H](Cc2ccccc2)NC(=O)[C@H](CC(=O)O)NC(=O)CNC(=O)[C@H](CCCN)NC(=O)C1(Cc1ccccc1)C(F)(F)F. The predicted molar refractivity (Wildman–Crippen MR) is 161 cm³/mol. The van der Waals surface area contributed by atoms with Crippen molar-refractivity contribution in [2.24, 2.45) is 5.73 Å². The lowest BCUT2D eigenvalue weighted by atomic mass is 9.85. The van der Waals surface area contributed by atoms with E-state index in [0.29, 0.717) is 5.56 Å². The number of nitrogens with two attached hydrogens (primary N) is 1. The number of rotatable bonds is 9. The minimum Gasteiger partial charge on any atom is -0.481 e. The van der Waals surface area contributed by atoms with Crippen LogP contribution in [0.4, 0.5) is 13.2 Å². The predicted octanol–water partition coefficient (Wildman–Crippen LogP) is 0.0291. The van der Waals surface area contributed by atoms with Gasteiger partial charge < -0.3 is 37.0 Å². The number of carbonyl (C=O) groups is 6. The van der Waals surface area contributed by atoms with Crippen molar-refractivity contribution in [3.05, 3.63) is 71.8 Å². The van der Waals surface area contributed by atoms with Crippen molar-refractivity contribution in [2.75, 3.05) is 20.1 Å².